The smallest absolute Gasteiger partial charge is 0.250 e. The molecule has 0 aliphatic carbocycles. The summed E-state index contributed by atoms with van der Waals surface area (Å²) in [6, 6.07) is 9.84. The van der Waals surface area contributed by atoms with Crippen LogP contribution in [0, 0.1) is 11.3 Å². The lowest BCUT2D eigenvalue weighted by Gasteiger charge is -2.31. The van der Waals surface area contributed by atoms with E-state index in [0.29, 0.717) is 0 Å². The van der Waals surface area contributed by atoms with Crippen LogP contribution in [0.3, 0.4) is 0 Å². The first-order valence-corrected chi connectivity index (χ1v) is 6.68. The number of rotatable bonds is 3. The van der Waals surface area contributed by atoms with Gasteiger partial charge < -0.3 is 10.6 Å². The van der Waals surface area contributed by atoms with E-state index in [-0.39, 0.29) is 11.8 Å². The number of aromatic nitrogens is 4. The number of benzene rings is 1. The molecule has 7 nitrogen and oxygen atoms in total. The molecule has 3 N–H and O–H groups in total. The zero-order valence-electron chi connectivity index (χ0n) is 11.1. The van der Waals surface area contributed by atoms with Crippen LogP contribution >= 0.6 is 0 Å². The van der Waals surface area contributed by atoms with Crippen LogP contribution in [0.2, 0.25) is 0 Å². The van der Waals surface area contributed by atoms with Crippen LogP contribution < -0.4 is 10.6 Å². The number of anilines is 1. The molecular formula is C13H17N7. The average molecular weight is 271 g/mol. The van der Waals surface area contributed by atoms with Crippen LogP contribution in [-0.2, 0) is 0 Å². The van der Waals surface area contributed by atoms with Crippen molar-refractivity contribution in [2.45, 2.75) is 12.8 Å². The molecule has 1 fully saturated rings. The summed E-state index contributed by atoms with van der Waals surface area (Å²) in [4.78, 5) is 2.15. The Hall–Kier alpha value is -2.44. The predicted molar refractivity (Wildman–Crippen MR) is 76.0 cm³/mol. The third-order valence-electron chi connectivity index (χ3n) is 3.67. The third-order valence-corrected chi connectivity index (χ3v) is 3.67. The molecule has 2 aromatic rings. The van der Waals surface area contributed by atoms with E-state index in [0.717, 1.165) is 37.6 Å². The summed E-state index contributed by atoms with van der Waals surface area (Å²) in [5, 5.41) is 19.5. The van der Waals surface area contributed by atoms with Gasteiger partial charge in [0.15, 0.2) is 0 Å². The highest BCUT2D eigenvalue weighted by atomic mass is 15.6. The second kappa shape index (κ2) is 5.28. The maximum Gasteiger partial charge on any atom is 0.250 e. The van der Waals surface area contributed by atoms with Crippen molar-refractivity contribution in [3.63, 3.8) is 0 Å². The molecule has 0 radical (unpaired) electrons. The van der Waals surface area contributed by atoms with Crippen molar-refractivity contribution < 1.29 is 0 Å². The zero-order valence-corrected chi connectivity index (χ0v) is 11.1. The lowest BCUT2D eigenvalue weighted by Crippen LogP contribution is -2.39. The van der Waals surface area contributed by atoms with Crippen molar-refractivity contribution in [3.8, 4) is 5.69 Å². The molecule has 0 saturated carbocycles. The summed E-state index contributed by atoms with van der Waals surface area (Å²) in [5.74, 6) is 1.22. The molecule has 1 aromatic heterocycles. The van der Waals surface area contributed by atoms with Crippen molar-refractivity contribution in [1.29, 1.82) is 5.41 Å². The molecule has 0 atom stereocenters. The molecule has 104 valence electrons. The van der Waals surface area contributed by atoms with Crippen molar-refractivity contribution in [1.82, 2.24) is 20.2 Å². The topological polar surface area (TPSA) is 96.7 Å². The fourth-order valence-corrected chi connectivity index (χ4v) is 2.51. The van der Waals surface area contributed by atoms with E-state index < -0.39 is 0 Å². The van der Waals surface area contributed by atoms with E-state index in [4.69, 9.17) is 11.1 Å². The summed E-state index contributed by atoms with van der Waals surface area (Å²) >= 11 is 0. The largest absolute Gasteiger partial charge is 0.387 e. The highest BCUT2D eigenvalue weighted by Gasteiger charge is 2.24. The Balaban J connectivity index is 1.80. The van der Waals surface area contributed by atoms with E-state index in [1.165, 1.54) is 0 Å². The van der Waals surface area contributed by atoms with E-state index >= 15 is 0 Å². The number of nitrogens with two attached hydrogens (primary N) is 1. The summed E-state index contributed by atoms with van der Waals surface area (Å²) in [6.45, 7) is 1.63. The molecule has 7 heteroatoms. The Morgan fingerprint density at radius 3 is 2.55 bits per heavy atom. The van der Waals surface area contributed by atoms with Gasteiger partial charge in [0.1, 0.15) is 0 Å². The minimum Gasteiger partial charge on any atom is -0.387 e. The first kappa shape index (κ1) is 12.6. The number of hydrogen-bond donors (Lipinski definition) is 2. The van der Waals surface area contributed by atoms with Crippen LogP contribution in [0.15, 0.2) is 30.3 Å². The van der Waals surface area contributed by atoms with Gasteiger partial charge in [0.2, 0.25) is 5.95 Å². The maximum absolute atomic E-state index is 7.52. The molecule has 1 aromatic carbocycles. The molecule has 0 spiro atoms. The first-order chi connectivity index (χ1) is 9.75. The van der Waals surface area contributed by atoms with Gasteiger partial charge in [0.05, 0.1) is 11.5 Å². The molecule has 1 aliphatic heterocycles. The van der Waals surface area contributed by atoms with E-state index in [2.05, 4.69) is 20.4 Å². The lowest BCUT2D eigenvalue weighted by atomic mass is 9.96. The summed E-state index contributed by atoms with van der Waals surface area (Å²) in [7, 11) is 0. The van der Waals surface area contributed by atoms with Crippen molar-refractivity contribution >= 4 is 11.8 Å². The Morgan fingerprint density at radius 2 is 1.90 bits per heavy atom. The van der Waals surface area contributed by atoms with E-state index in [1.807, 2.05) is 30.3 Å². The molecule has 0 amide bonds. The quantitative estimate of drug-likeness (QED) is 0.636. The van der Waals surface area contributed by atoms with Crippen molar-refractivity contribution in [2.24, 2.45) is 11.7 Å². The highest BCUT2D eigenvalue weighted by molar-refractivity contribution is 5.79. The molecule has 1 aliphatic rings. The summed E-state index contributed by atoms with van der Waals surface area (Å²) < 4.78 is 1.74. The number of nitrogens with zero attached hydrogens (tertiary/aromatic N) is 5. The van der Waals surface area contributed by atoms with E-state index in [9.17, 15) is 0 Å². The molecule has 0 bridgehead atoms. The van der Waals surface area contributed by atoms with Gasteiger partial charge in [0.25, 0.3) is 0 Å². The minimum absolute atomic E-state index is 0.187. The van der Waals surface area contributed by atoms with Gasteiger partial charge in [-0.25, -0.2) is 0 Å². The third kappa shape index (κ3) is 2.34. The summed E-state index contributed by atoms with van der Waals surface area (Å²) in [6.07, 6.45) is 1.74. The Labute approximate surface area is 116 Å². The Bertz CT molecular complexity index is 584. The average Bonchev–Trinajstić information content (AvgIpc) is 2.97. The van der Waals surface area contributed by atoms with Crippen molar-refractivity contribution in [2.75, 3.05) is 18.0 Å². The number of piperidine rings is 1. The SMILES string of the molecule is N=C(N)C1CCN(c2nnnn2-c2ccccc2)CC1. The van der Waals surface area contributed by atoms with Crippen LogP contribution in [0.4, 0.5) is 5.95 Å². The van der Waals surface area contributed by atoms with Gasteiger partial charge >= 0.3 is 0 Å². The number of para-hydroxylation sites is 1. The highest BCUT2D eigenvalue weighted by Crippen LogP contribution is 2.22. The molecule has 0 unspecified atom stereocenters. The monoisotopic (exact) mass is 271 g/mol. The standard InChI is InChI=1S/C13H17N7/c14-12(15)10-6-8-19(9-7-10)13-16-17-18-20(13)11-4-2-1-3-5-11/h1-5,10H,6-9H2,(H3,14,15). The Kier molecular flexibility index (Phi) is 3.32. The summed E-state index contributed by atoms with van der Waals surface area (Å²) in [5.41, 5.74) is 6.52. The normalized spacial score (nSPS) is 16.3. The lowest BCUT2D eigenvalue weighted by molar-refractivity contribution is 0.489. The molecule has 1 saturated heterocycles. The molecule has 2 heterocycles. The number of nitrogens with one attached hydrogen (secondary N) is 1. The van der Waals surface area contributed by atoms with Crippen LogP contribution in [0.1, 0.15) is 12.8 Å². The molecule has 20 heavy (non-hydrogen) atoms. The van der Waals surface area contributed by atoms with Gasteiger partial charge in [-0.2, -0.15) is 4.68 Å². The maximum atomic E-state index is 7.52. The number of amidine groups is 1. The molecular weight excluding hydrogens is 254 g/mol. The first-order valence-electron chi connectivity index (χ1n) is 6.68. The van der Waals surface area contributed by atoms with Crippen LogP contribution in [-0.4, -0.2) is 39.1 Å². The Morgan fingerprint density at radius 1 is 1.20 bits per heavy atom. The number of tetrazole rings is 1. The fourth-order valence-electron chi connectivity index (χ4n) is 2.51. The minimum atomic E-state index is 0.187. The molecule has 3 rings (SSSR count). The van der Waals surface area contributed by atoms with Gasteiger partial charge in [-0.1, -0.05) is 23.3 Å². The predicted octanol–water partition coefficient (Wildman–Crippen LogP) is 0.815. The number of hydrogen-bond acceptors (Lipinski definition) is 5. The second-order valence-corrected chi connectivity index (χ2v) is 4.94. The van der Waals surface area contributed by atoms with Gasteiger partial charge in [-0.15, -0.1) is 0 Å². The van der Waals surface area contributed by atoms with Crippen molar-refractivity contribution in [3.05, 3.63) is 30.3 Å². The van der Waals surface area contributed by atoms with Crippen LogP contribution in [0.5, 0.6) is 0 Å². The van der Waals surface area contributed by atoms with Gasteiger partial charge in [0, 0.05) is 19.0 Å². The fraction of sp³-hybridized carbons (Fsp3) is 0.385. The van der Waals surface area contributed by atoms with Gasteiger partial charge in [-0.3, -0.25) is 5.41 Å². The zero-order chi connectivity index (χ0) is 13.9. The second-order valence-electron chi connectivity index (χ2n) is 4.94. The van der Waals surface area contributed by atoms with Gasteiger partial charge in [-0.05, 0) is 35.4 Å². The van der Waals surface area contributed by atoms with E-state index in [1.54, 1.807) is 4.68 Å². The van der Waals surface area contributed by atoms with Crippen LogP contribution in [0.25, 0.3) is 5.69 Å².